The summed E-state index contributed by atoms with van der Waals surface area (Å²) in [7, 11) is -3.86. The number of hydrogen-bond acceptors (Lipinski definition) is 3. The minimum atomic E-state index is -3.86. The van der Waals surface area contributed by atoms with Crippen LogP contribution in [0.2, 0.25) is 0 Å². The number of rotatable bonds is 7. The SMILES string of the molecule is O=C(O)C(Cc1ccccc1)NS(=O)(=O)C=Cc1ccccc1. The summed E-state index contributed by atoms with van der Waals surface area (Å²) < 4.78 is 26.3. The number of nitrogens with one attached hydrogen (secondary N) is 1. The Balaban J connectivity index is 2.09. The van der Waals surface area contributed by atoms with Crippen LogP contribution in [0.25, 0.3) is 6.08 Å². The molecule has 2 aromatic carbocycles. The van der Waals surface area contributed by atoms with Gasteiger partial charge < -0.3 is 5.11 Å². The van der Waals surface area contributed by atoms with Gasteiger partial charge in [0.1, 0.15) is 6.04 Å². The van der Waals surface area contributed by atoms with Gasteiger partial charge in [-0.25, -0.2) is 8.42 Å². The van der Waals surface area contributed by atoms with E-state index in [1.165, 1.54) is 6.08 Å². The molecule has 2 rings (SSSR count). The Kier molecular flexibility index (Phi) is 5.67. The van der Waals surface area contributed by atoms with Crippen LogP contribution < -0.4 is 4.72 Å². The van der Waals surface area contributed by atoms with Gasteiger partial charge in [0.2, 0.25) is 10.0 Å². The van der Waals surface area contributed by atoms with Gasteiger partial charge in [-0.1, -0.05) is 60.7 Å². The first-order chi connectivity index (χ1) is 11.0. The van der Waals surface area contributed by atoms with Gasteiger partial charge >= 0.3 is 5.97 Å². The molecule has 0 aliphatic heterocycles. The number of aliphatic carboxylic acids is 1. The van der Waals surface area contributed by atoms with Gasteiger partial charge in [0.15, 0.2) is 0 Å². The van der Waals surface area contributed by atoms with Crippen molar-refractivity contribution in [2.24, 2.45) is 0 Å². The molecule has 1 atom stereocenters. The molecule has 2 N–H and O–H groups in total. The molecule has 0 aliphatic rings. The molecule has 0 aromatic heterocycles. The summed E-state index contributed by atoms with van der Waals surface area (Å²) in [5, 5.41) is 10.2. The monoisotopic (exact) mass is 331 g/mol. The zero-order valence-corrected chi connectivity index (χ0v) is 13.1. The second kappa shape index (κ2) is 7.71. The van der Waals surface area contributed by atoms with Crippen molar-refractivity contribution in [1.29, 1.82) is 0 Å². The summed E-state index contributed by atoms with van der Waals surface area (Å²) in [5.74, 6) is -1.22. The summed E-state index contributed by atoms with van der Waals surface area (Å²) in [5.41, 5.74) is 1.46. The highest BCUT2D eigenvalue weighted by atomic mass is 32.2. The average molecular weight is 331 g/mol. The van der Waals surface area contributed by atoms with Gasteiger partial charge in [0.25, 0.3) is 0 Å². The summed E-state index contributed by atoms with van der Waals surface area (Å²) in [6.07, 6.45) is 1.50. The maximum atomic E-state index is 12.0. The van der Waals surface area contributed by atoms with Crippen molar-refractivity contribution in [3.8, 4) is 0 Å². The highest BCUT2D eigenvalue weighted by Gasteiger charge is 2.22. The van der Waals surface area contributed by atoms with E-state index in [0.29, 0.717) is 5.56 Å². The van der Waals surface area contributed by atoms with E-state index in [4.69, 9.17) is 0 Å². The van der Waals surface area contributed by atoms with E-state index in [0.717, 1.165) is 11.0 Å². The van der Waals surface area contributed by atoms with Crippen LogP contribution in [-0.4, -0.2) is 25.5 Å². The zero-order valence-electron chi connectivity index (χ0n) is 12.3. The Hall–Kier alpha value is -2.44. The summed E-state index contributed by atoms with van der Waals surface area (Å²) in [6, 6.07) is 16.6. The fourth-order valence-corrected chi connectivity index (χ4v) is 2.99. The topological polar surface area (TPSA) is 83.5 Å². The molecule has 120 valence electrons. The average Bonchev–Trinajstić information content (AvgIpc) is 2.54. The quantitative estimate of drug-likeness (QED) is 0.815. The molecular formula is C17H17NO4S. The Morgan fingerprint density at radius 2 is 1.61 bits per heavy atom. The first kappa shape index (κ1) is 16.9. The summed E-state index contributed by atoms with van der Waals surface area (Å²) in [6.45, 7) is 0. The summed E-state index contributed by atoms with van der Waals surface area (Å²) >= 11 is 0. The normalized spacial score (nSPS) is 13.0. The van der Waals surface area contributed by atoms with Crippen LogP contribution in [0.5, 0.6) is 0 Å². The molecule has 23 heavy (non-hydrogen) atoms. The van der Waals surface area contributed by atoms with E-state index in [1.54, 1.807) is 48.5 Å². The molecule has 0 saturated heterocycles. The Bertz CT molecular complexity index is 771. The Morgan fingerprint density at radius 1 is 1.04 bits per heavy atom. The van der Waals surface area contributed by atoms with Crippen LogP contribution in [0.15, 0.2) is 66.1 Å². The van der Waals surface area contributed by atoms with E-state index in [-0.39, 0.29) is 6.42 Å². The first-order valence-corrected chi connectivity index (χ1v) is 8.53. The van der Waals surface area contributed by atoms with Crippen LogP contribution in [0.4, 0.5) is 0 Å². The number of carboxylic acid groups (broad SMARTS) is 1. The number of benzene rings is 2. The van der Waals surface area contributed by atoms with Gasteiger partial charge in [-0.05, 0) is 23.6 Å². The van der Waals surface area contributed by atoms with Gasteiger partial charge in [-0.15, -0.1) is 0 Å². The number of hydrogen-bond donors (Lipinski definition) is 2. The number of carboxylic acids is 1. The van der Waals surface area contributed by atoms with Crippen LogP contribution in [0.1, 0.15) is 11.1 Å². The minimum Gasteiger partial charge on any atom is -0.480 e. The van der Waals surface area contributed by atoms with E-state index in [2.05, 4.69) is 4.72 Å². The Labute approximate surface area is 135 Å². The molecular weight excluding hydrogens is 314 g/mol. The van der Waals surface area contributed by atoms with E-state index < -0.39 is 22.0 Å². The molecule has 0 saturated carbocycles. The molecule has 2 aromatic rings. The van der Waals surface area contributed by atoms with Crippen molar-refractivity contribution in [2.75, 3.05) is 0 Å². The molecule has 0 spiro atoms. The van der Waals surface area contributed by atoms with Crippen LogP contribution in [0, 0.1) is 0 Å². The first-order valence-electron chi connectivity index (χ1n) is 6.98. The van der Waals surface area contributed by atoms with Crippen LogP contribution in [-0.2, 0) is 21.2 Å². The van der Waals surface area contributed by atoms with Crippen molar-refractivity contribution >= 4 is 22.1 Å². The second-order valence-corrected chi connectivity index (χ2v) is 6.55. The lowest BCUT2D eigenvalue weighted by Crippen LogP contribution is -2.41. The van der Waals surface area contributed by atoms with Crippen molar-refractivity contribution in [3.63, 3.8) is 0 Å². The van der Waals surface area contributed by atoms with Crippen molar-refractivity contribution in [2.45, 2.75) is 12.5 Å². The minimum absolute atomic E-state index is 0.0780. The zero-order chi connectivity index (χ0) is 16.7. The molecule has 0 bridgehead atoms. The predicted octanol–water partition coefficient (Wildman–Crippen LogP) is 2.27. The fourth-order valence-electron chi connectivity index (χ4n) is 2.00. The van der Waals surface area contributed by atoms with Crippen molar-refractivity contribution < 1.29 is 18.3 Å². The van der Waals surface area contributed by atoms with Crippen molar-refractivity contribution in [3.05, 3.63) is 77.2 Å². The van der Waals surface area contributed by atoms with Crippen LogP contribution in [0.3, 0.4) is 0 Å². The third-order valence-corrected chi connectivity index (χ3v) is 4.23. The lowest BCUT2D eigenvalue weighted by molar-refractivity contribution is -0.138. The second-order valence-electron chi connectivity index (χ2n) is 4.96. The maximum absolute atomic E-state index is 12.0. The van der Waals surface area contributed by atoms with E-state index in [9.17, 15) is 18.3 Å². The Morgan fingerprint density at radius 3 is 2.17 bits per heavy atom. The fraction of sp³-hybridized carbons (Fsp3) is 0.118. The van der Waals surface area contributed by atoms with E-state index in [1.807, 2.05) is 12.1 Å². The maximum Gasteiger partial charge on any atom is 0.322 e. The molecule has 1 unspecified atom stereocenters. The predicted molar refractivity (Wildman–Crippen MR) is 89.1 cm³/mol. The molecule has 0 radical (unpaired) electrons. The highest BCUT2D eigenvalue weighted by molar-refractivity contribution is 7.92. The standard InChI is InChI=1S/C17H17NO4S/c19-17(20)16(13-15-9-5-2-6-10-15)18-23(21,22)12-11-14-7-3-1-4-8-14/h1-12,16,18H,13H2,(H,19,20). The largest absolute Gasteiger partial charge is 0.480 e. The molecule has 0 fully saturated rings. The summed E-state index contributed by atoms with van der Waals surface area (Å²) in [4.78, 5) is 11.3. The smallest absolute Gasteiger partial charge is 0.322 e. The third kappa shape index (κ3) is 5.69. The van der Waals surface area contributed by atoms with Gasteiger partial charge in [0, 0.05) is 5.41 Å². The van der Waals surface area contributed by atoms with E-state index >= 15 is 0 Å². The molecule has 0 aliphatic carbocycles. The molecule has 6 heteroatoms. The third-order valence-electron chi connectivity index (χ3n) is 3.13. The number of sulfonamides is 1. The lowest BCUT2D eigenvalue weighted by Gasteiger charge is -2.13. The molecule has 0 heterocycles. The molecule has 0 amide bonds. The van der Waals surface area contributed by atoms with Gasteiger partial charge in [-0.2, -0.15) is 4.72 Å². The van der Waals surface area contributed by atoms with Crippen molar-refractivity contribution in [1.82, 2.24) is 4.72 Å². The highest BCUT2D eigenvalue weighted by Crippen LogP contribution is 2.07. The molecule has 5 nitrogen and oxygen atoms in total. The van der Waals surface area contributed by atoms with Gasteiger partial charge in [-0.3, -0.25) is 4.79 Å². The lowest BCUT2D eigenvalue weighted by atomic mass is 10.1. The van der Waals surface area contributed by atoms with Gasteiger partial charge in [0.05, 0.1) is 0 Å². The number of carbonyl (C=O) groups is 1. The van der Waals surface area contributed by atoms with Crippen LogP contribution >= 0.6 is 0 Å².